The number of anilines is 1. The molecule has 1 aromatic heterocycles. The van der Waals surface area contributed by atoms with E-state index in [-0.39, 0.29) is 0 Å². The van der Waals surface area contributed by atoms with E-state index in [0.717, 1.165) is 4.47 Å². The highest BCUT2D eigenvalue weighted by atomic mass is 79.9. The highest BCUT2D eigenvalue weighted by Crippen LogP contribution is 2.27. The van der Waals surface area contributed by atoms with Crippen LogP contribution >= 0.6 is 27.3 Å². The van der Waals surface area contributed by atoms with Crippen LogP contribution in [0.3, 0.4) is 0 Å². The molecule has 3 nitrogen and oxygen atoms in total. The van der Waals surface area contributed by atoms with Crippen LogP contribution in [0.4, 0.5) is 9.80 Å². The van der Waals surface area contributed by atoms with E-state index in [9.17, 15) is 4.79 Å². The van der Waals surface area contributed by atoms with Crippen molar-refractivity contribution in [3.05, 3.63) is 15.9 Å². The maximum Gasteiger partial charge on any atom is 0.412 e. The molecule has 0 aromatic carbocycles. The Morgan fingerprint density at radius 1 is 1.82 bits per heavy atom. The molecule has 11 heavy (non-hydrogen) atoms. The molecule has 0 unspecified atom stereocenters. The first-order chi connectivity index (χ1) is 5.11. The van der Waals surface area contributed by atoms with E-state index in [1.807, 2.05) is 5.38 Å². The summed E-state index contributed by atoms with van der Waals surface area (Å²) in [6.07, 6.45) is -0.945. The summed E-state index contributed by atoms with van der Waals surface area (Å²) in [5, 5.41) is 11.1. The predicted octanol–water partition coefficient (Wildman–Crippen LogP) is 2.62. The first kappa shape index (κ1) is 8.55. The molecule has 1 rings (SSSR count). The van der Waals surface area contributed by atoms with Gasteiger partial charge in [0, 0.05) is 16.9 Å². The molecular formula is C6H6BrNO2S. The third-order valence-corrected chi connectivity index (χ3v) is 2.94. The first-order valence-electron chi connectivity index (χ1n) is 2.82. The van der Waals surface area contributed by atoms with Gasteiger partial charge in [-0.1, -0.05) is 0 Å². The number of rotatable bonds is 1. The lowest BCUT2D eigenvalue weighted by Crippen LogP contribution is -2.22. The van der Waals surface area contributed by atoms with Crippen molar-refractivity contribution < 1.29 is 9.90 Å². The standard InChI is InChI=1S/C6H6BrNO2S/c1-8(6(9)10)5-2-4(7)3-11-5/h2-3H,1H3,(H,9,10). The van der Waals surface area contributed by atoms with Crippen LogP contribution in [0.5, 0.6) is 0 Å². The van der Waals surface area contributed by atoms with Gasteiger partial charge in [0.2, 0.25) is 0 Å². The van der Waals surface area contributed by atoms with E-state index in [1.54, 1.807) is 6.07 Å². The van der Waals surface area contributed by atoms with Crippen LogP contribution in [0.25, 0.3) is 0 Å². The van der Waals surface area contributed by atoms with Crippen LogP contribution in [0.15, 0.2) is 15.9 Å². The summed E-state index contributed by atoms with van der Waals surface area (Å²) >= 11 is 4.62. The molecule has 0 aliphatic rings. The Morgan fingerprint density at radius 3 is 2.82 bits per heavy atom. The number of carbonyl (C=O) groups is 1. The molecule has 1 N–H and O–H groups in total. The minimum absolute atomic E-state index is 0.712. The third-order valence-electron chi connectivity index (χ3n) is 1.17. The van der Waals surface area contributed by atoms with E-state index >= 15 is 0 Å². The van der Waals surface area contributed by atoms with Gasteiger partial charge in [-0.3, -0.25) is 4.90 Å². The largest absolute Gasteiger partial charge is 0.465 e. The van der Waals surface area contributed by atoms with Crippen molar-refractivity contribution >= 4 is 38.4 Å². The van der Waals surface area contributed by atoms with Gasteiger partial charge in [-0.25, -0.2) is 4.79 Å². The number of hydrogen-bond acceptors (Lipinski definition) is 2. The number of nitrogens with zero attached hydrogens (tertiary/aromatic N) is 1. The number of halogens is 1. The Bertz CT molecular complexity index is 273. The SMILES string of the molecule is CN(C(=O)O)c1cc(Br)cs1. The van der Waals surface area contributed by atoms with Crippen molar-refractivity contribution in [1.29, 1.82) is 0 Å². The minimum atomic E-state index is -0.945. The molecule has 0 saturated carbocycles. The molecule has 5 heteroatoms. The Morgan fingerprint density at radius 2 is 2.45 bits per heavy atom. The minimum Gasteiger partial charge on any atom is -0.465 e. The summed E-state index contributed by atoms with van der Waals surface area (Å²) < 4.78 is 0.908. The molecule has 0 atom stereocenters. The average Bonchev–Trinajstić information content (AvgIpc) is 2.34. The van der Waals surface area contributed by atoms with E-state index < -0.39 is 6.09 Å². The van der Waals surface area contributed by atoms with Gasteiger partial charge in [-0.15, -0.1) is 11.3 Å². The van der Waals surface area contributed by atoms with E-state index in [4.69, 9.17) is 5.11 Å². The molecule has 0 bridgehead atoms. The fraction of sp³-hybridized carbons (Fsp3) is 0.167. The van der Waals surface area contributed by atoms with Gasteiger partial charge < -0.3 is 5.11 Å². The lowest BCUT2D eigenvalue weighted by Gasteiger charge is -2.08. The zero-order valence-corrected chi connectivity index (χ0v) is 8.15. The van der Waals surface area contributed by atoms with E-state index in [0.29, 0.717) is 5.00 Å². The normalized spacial score (nSPS) is 9.64. The van der Waals surface area contributed by atoms with Gasteiger partial charge in [-0.05, 0) is 22.0 Å². The lowest BCUT2D eigenvalue weighted by molar-refractivity contribution is 0.203. The number of hydrogen-bond donors (Lipinski definition) is 1. The van der Waals surface area contributed by atoms with Crippen molar-refractivity contribution in [1.82, 2.24) is 0 Å². The first-order valence-corrected chi connectivity index (χ1v) is 4.49. The molecular weight excluding hydrogens is 230 g/mol. The van der Waals surface area contributed by atoms with Gasteiger partial charge in [0.25, 0.3) is 0 Å². The summed E-state index contributed by atoms with van der Waals surface area (Å²) in [7, 11) is 1.51. The van der Waals surface area contributed by atoms with Gasteiger partial charge >= 0.3 is 6.09 Å². The monoisotopic (exact) mass is 235 g/mol. The van der Waals surface area contributed by atoms with Crippen molar-refractivity contribution in [2.45, 2.75) is 0 Å². The topological polar surface area (TPSA) is 40.5 Å². The molecule has 0 aliphatic carbocycles. The molecule has 0 saturated heterocycles. The van der Waals surface area contributed by atoms with Crippen molar-refractivity contribution in [3.8, 4) is 0 Å². The highest BCUT2D eigenvalue weighted by Gasteiger charge is 2.09. The molecule has 60 valence electrons. The van der Waals surface area contributed by atoms with Crippen molar-refractivity contribution in [2.75, 3.05) is 11.9 Å². The van der Waals surface area contributed by atoms with Crippen molar-refractivity contribution in [3.63, 3.8) is 0 Å². The quantitative estimate of drug-likeness (QED) is 0.814. The van der Waals surface area contributed by atoms with Crippen LogP contribution in [0.2, 0.25) is 0 Å². The summed E-state index contributed by atoms with van der Waals surface area (Å²) in [6.45, 7) is 0. The van der Waals surface area contributed by atoms with E-state index in [2.05, 4.69) is 15.9 Å². The van der Waals surface area contributed by atoms with Crippen LogP contribution in [-0.2, 0) is 0 Å². The third kappa shape index (κ3) is 1.94. The van der Waals surface area contributed by atoms with Crippen LogP contribution in [-0.4, -0.2) is 18.2 Å². The van der Waals surface area contributed by atoms with Gasteiger partial charge in [-0.2, -0.15) is 0 Å². The fourth-order valence-electron chi connectivity index (χ4n) is 0.573. The molecule has 0 fully saturated rings. The van der Waals surface area contributed by atoms with Crippen LogP contribution in [0, 0.1) is 0 Å². The molecule has 1 aromatic rings. The Balaban J connectivity index is 2.84. The second kappa shape index (κ2) is 3.23. The van der Waals surface area contributed by atoms with Gasteiger partial charge in [0.05, 0.1) is 0 Å². The summed E-state index contributed by atoms with van der Waals surface area (Å²) in [6, 6.07) is 1.76. The van der Waals surface area contributed by atoms with Crippen LogP contribution < -0.4 is 4.90 Å². The second-order valence-electron chi connectivity index (χ2n) is 1.94. The summed E-state index contributed by atoms with van der Waals surface area (Å²) in [5.74, 6) is 0. The Labute approximate surface area is 76.4 Å². The molecule has 1 heterocycles. The number of carboxylic acid groups (broad SMARTS) is 1. The van der Waals surface area contributed by atoms with Crippen LogP contribution in [0.1, 0.15) is 0 Å². The zero-order chi connectivity index (χ0) is 8.43. The highest BCUT2D eigenvalue weighted by molar-refractivity contribution is 9.10. The van der Waals surface area contributed by atoms with Gasteiger partial charge in [0.1, 0.15) is 5.00 Å². The molecule has 1 amide bonds. The smallest absolute Gasteiger partial charge is 0.412 e. The number of amides is 1. The zero-order valence-electron chi connectivity index (χ0n) is 5.74. The maximum absolute atomic E-state index is 10.4. The summed E-state index contributed by atoms with van der Waals surface area (Å²) in [4.78, 5) is 11.6. The fourth-order valence-corrected chi connectivity index (χ4v) is 1.95. The maximum atomic E-state index is 10.4. The van der Waals surface area contributed by atoms with Crippen molar-refractivity contribution in [2.24, 2.45) is 0 Å². The average molecular weight is 236 g/mol. The Kier molecular flexibility index (Phi) is 2.51. The predicted molar refractivity (Wildman–Crippen MR) is 48.4 cm³/mol. The van der Waals surface area contributed by atoms with E-state index in [1.165, 1.54) is 23.3 Å². The molecule has 0 aliphatic heterocycles. The molecule has 0 spiro atoms. The second-order valence-corrected chi connectivity index (χ2v) is 3.75. The van der Waals surface area contributed by atoms with Gasteiger partial charge in [0.15, 0.2) is 0 Å². The lowest BCUT2D eigenvalue weighted by atomic mass is 10.6. The molecule has 0 radical (unpaired) electrons. The number of thiophene rings is 1. The summed E-state index contributed by atoms with van der Waals surface area (Å²) in [5.41, 5.74) is 0. The Hall–Kier alpha value is -0.550.